The molecule has 2 atom stereocenters. The van der Waals surface area contributed by atoms with Gasteiger partial charge >= 0.3 is 6.09 Å². The monoisotopic (exact) mass is 495 g/mol. The Labute approximate surface area is 202 Å². The molecule has 34 heavy (non-hydrogen) atoms. The Bertz CT molecular complexity index is 932. The zero-order chi connectivity index (χ0) is 24.1. The number of hydrogen-bond acceptors (Lipinski definition) is 6. The summed E-state index contributed by atoms with van der Waals surface area (Å²) in [4.78, 5) is 14.6. The second-order valence-corrected chi connectivity index (χ2v) is 11.5. The van der Waals surface area contributed by atoms with Crippen LogP contribution in [0.1, 0.15) is 56.4 Å². The standard InChI is InChI=1S/C24H37N3O6S/c1-26(2)34(29,30)25-22-8-4-13-27-23(22)17-33-20-11-9-18(10-12-20)19-6-3-7-21(16-19)31-14-5-15-32-24(27)28/h3,6-7,16,18,20,22-23,25H,4-5,8-15,17H2,1-2H3/t18?,20?,22-,23?/m0/s1. The van der Waals surface area contributed by atoms with E-state index in [1.165, 1.54) is 19.7 Å². The van der Waals surface area contributed by atoms with E-state index < -0.39 is 28.4 Å². The fraction of sp³-hybridized carbons (Fsp3) is 0.708. The van der Waals surface area contributed by atoms with Crippen molar-refractivity contribution in [1.82, 2.24) is 13.9 Å². The fourth-order valence-corrected chi connectivity index (χ4v) is 5.94. The number of benzene rings is 1. The van der Waals surface area contributed by atoms with Gasteiger partial charge in [-0.05, 0) is 62.1 Å². The van der Waals surface area contributed by atoms with Crippen LogP contribution < -0.4 is 9.46 Å². The zero-order valence-corrected chi connectivity index (χ0v) is 21.0. The van der Waals surface area contributed by atoms with Crippen LogP contribution in [0.4, 0.5) is 4.79 Å². The van der Waals surface area contributed by atoms with Crippen LogP contribution in [0.2, 0.25) is 0 Å². The van der Waals surface area contributed by atoms with Gasteiger partial charge in [-0.3, -0.25) is 0 Å². The molecule has 3 aliphatic heterocycles. The fourth-order valence-electron chi connectivity index (χ4n) is 5.07. The van der Waals surface area contributed by atoms with Crippen molar-refractivity contribution in [3.8, 4) is 5.75 Å². The third-order valence-corrected chi connectivity index (χ3v) is 8.65. The number of amides is 1. The van der Waals surface area contributed by atoms with Crippen LogP contribution >= 0.6 is 0 Å². The number of fused-ring (bicyclic) bond motifs is 8. The summed E-state index contributed by atoms with van der Waals surface area (Å²) in [6.45, 7) is 1.50. The van der Waals surface area contributed by atoms with E-state index in [2.05, 4.69) is 16.9 Å². The van der Waals surface area contributed by atoms with E-state index in [9.17, 15) is 13.2 Å². The Morgan fingerprint density at radius 2 is 1.79 bits per heavy atom. The predicted molar refractivity (Wildman–Crippen MR) is 128 cm³/mol. The Morgan fingerprint density at radius 3 is 2.56 bits per heavy atom. The lowest BCUT2D eigenvalue weighted by atomic mass is 9.82. The summed E-state index contributed by atoms with van der Waals surface area (Å²) in [7, 11) is -0.662. The first kappa shape index (κ1) is 25.2. The SMILES string of the molecule is CN(C)S(=O)(=O)N[C@H]1CCCN2C(=O)OCCCOc3cccc(c3)C3CCC(CC3)OCC12. The van der Waals surface area contributed by atoms with Crippen LogP contribution in [0.3, 0.4) is 0 Å². The number of hydrogen-bond donors (Lipinski definition) is 1. The van der Waals surface area contributed by atoms with Crippen LogP contribution in [0.5, 0.6) is 5.75 Å². The van der Waals surface area contributed by atoms with Crippen molar-refractivity contribution in [2.24, 2.45) is 0 Å². The number of nitrogens with one attached hydrogen (secondary N) is 1. The van der Waals surface area contributed by atoms with E-state index in [0.717, 1.165) is 35.7 Å². The molecule has 9 nitrogen and oxygen atoms in total. The zero-order valence-electron chi connectivity index (χ0n) is 20.1. The Kier molecular flexibility index (Phi) is 8.34. The number of ether oxygens (including phenoxy) is 3. The molecule has 1 amide bonds. The van der Waals surface area contributed by atoms with Gasteiger partial charge in [-0.25, -0.2) is 4.79 Å². The molecule has 1 aromatic carbocycles. The van der Waals surface area contributed by atoms with Crippen LogP contribution in [-0.4, -0.2) is 82.4 Å². The van der Waals surface area contributed by atoms with Gasteiger partial charge in [0.1, 0.15) is 5.75 Å². The molecule has 0 radical (unpaired) electrons. The maximum Gasteiger partial charge on any atom is 0.410 e. The Hall–Kier alpha value is -1.88. The molecule has 3 heterocycles. The van der Waals surface area contributed by atoms with Crippen molar-refractivity contribution in [1.29, 1.82) is 0 Å². The maximum absolute atomic E-state index is 13.0. The second-order valence-electron chi connectivity index (χ2n) is 9.61. The van der Waals surface area contributed by atoms with E-state index in [0.29, 0.717) is 38.3 Å². The minimum atomic E-state index is -3.64. The minimum Gasteiger partial charge on any atom is -0.493 e. The highest BCUT2D eigenvalue weighted by atomic mass is 32.2. The van der Waals surface area contributed by atoms with E-state index in [1.807, 2.05) is 12.1 Å². The van der Waals surface area contributed by atoms with Crippen LogP contribution in [0.25, 0.3) is 0 Å². The molecule has 1 saturated heterocycles. The largest absolute Gasteiger partial charge is 0.493 e. The summed E-state index contributed by atoms with van der Waals surface area (Å²) in [5.41, 5.74) is 1.29. The lowest BCUT2D eigenvalue weighted by Crippen LogP contribution is -2.60. The van der Waals surface area contributed by atoms with Gasteiger partial charge in [0.05, 0.1) is 32.0 Å². The van der Waals surface area contributed by atoms with Crippen molar-refractivity contribution in [3.05, 3.63) is 29.8 Å². The molecule has 1 N–H and O–H groups in total. The van der Waals surface area contributed by atoms with Gasteiger partial charge in [-0.2, -0.15) is 17.4 Å². The maximum atomic E-state index is 13.0. The highest BCUT2D eigenvalue weighted by Gasteiger charge is 2.38. The molecule has 4 aliphatic rings. The highest BCUT2D eigenvalue weighted by molar-refractivity contribution is 7.87. The lowest BCUT2D eigenvalue weighted by molar-refractivity contribution is -0.0268. The van der Waals surface area contributed by atoms with Crippen molar-refractivity contribution in [2.75, 3.05) is 40.5 Å². The molecule has 2 fully saturated rings. The average Bonchev–Trinajstić information content (AvgIpc) is 2.82. The molecule has 5 rings (SSSR count). The van der Waals surface area contributed by atoms with Gasteiger partial charge in [0.2, 0.25) is 0 Å². The summed E-state index contributed by atoms with van der Waals surface area (Å²) in [6, 6.07) is 7.43. The Balaban J connectivity index is 1.51. The average molecular weight is 496 g/mol. The van der Waals surface area contributed by atoms with Gasteiger partial charge in [0.15, 0.2) is 0 Å². The third kappa shape index (κ3) is 6.21. The van der Waals surface area contributed by atoms with E-state index in [-0.39, 0.29) is 19.3 Å². The molecular formula is C24H37N3O6S. The van der Waals surface area contributed by atoms with Crippen LogP contribution in [-0.2, 0) is 19.7 Å². The van der Waals surface area contributed by atoms with Crippen molar-refractivity contribution in [3.63, 3.8) is 0 Å². The van der Waals surface area contributed by atoms with Gasteiger partial charge in [0, 0.05) is 33.1 Å². The molecule has 1 aliphatic carbocycles. The molecule has 190 valence electrons. The van der Waals surface area contributed by atoms with E-state index in [1.54, 1.807) is 4.90 Å². The Morgan fingerprint density at radius 1 is 1.03 bits per heavy atom. The second kappa shape index (κ2) is 11.2. The first-order chi connectivity index (χ1) is 16.3. The van der Waals surface area contributed by atoms with Crippen molar-refractivity contribution < 1.29 is 27.4 Å². The molecule has 1 saturated carbocycles. The van der Waals surface area contributed by atoms with Crippen molar-refractivity contribution in [2.45, 2.75) is 69.1 Å². The molecule has 10 heteroatoms. The van der Waals surface area contributed by atoms with Gasteiger partial charge in [0.25, 0.3) is 10.2 Å². The molecular weight excluding hydrogens is 458 g/mol. The number of nitrogens with zero attached hydrogens (tertiary/aromatic N) is 2. The summed E-state index contributed by atoms with van der Waals surface area (Å²) < 4.78 is 46.8. The predicted octanol–water partition coefficient (Wildman–Crippen LogP) is 2.88. The van der Waals surface area contributed by atoms with Crippen LogP contribution in [0, 0.1) is 0 Å². The molecule has 0 spiro atoms. The number of carbonyl (C=O) groups excluding carboxylic acids is 1. The first-order valence-electron chi connectivity index (χ1n) is 12.3. The first-order valence-corrected chi connectivity index (χ1v) is 13.7. The summed E-state index contributed by atoms with van der Waals surface area (Å²) in [5.74, 6) is 1.33. The third-order valence-electron chi connectivity index (χ3n) is 7.08. The molecule has 4 bridgehead atoms. The van der Waals surface area contributed by atoms with E-state index in [4.69, 9.17) is 14.2 Å². The molecule has 0 aromatic heterocycles. The minimum absolute atomic E-state index is 0.0947. The number of piperidine rings is 1. The summed E-state index contributed by atoms with van der Waals surface area (Å²) >= 11 is 0. The highest BCUT2D eigenvalue weighted by Crippen LogP contribution is 2.35. The quantitative estimate of drug-likeness (QED) is 0.693. The number of carbonyl (C=O) groups is 1. The van der Waals surface area contributed by atoms with Crippen molar-refractivity contribution >= 4 is 16.3 Å². The van der Waals surface area contributed by atoms with Gasteiger partial charge in [-0.1, -0.05) is 12.1 Å². The summed E-state index contributed by atoms with van der Waals surface area (Å²) in [5, 5.41) is 0. The van der Waals surface area contributed by atoms with Crippen LogP contribution in [0.15, 0.2) is 24.3 Å². The number of rotatable bonds is 3. The topological polar surface area (TPSA) is 97.4 Å². The van der Waals surface area contributed by atoms with E-state index >= 15 is 0 Å². The molecule has 1 unspecified atom stereocenters. The van der Waals surface area contributed by atoms with Gasteiger partial charge < -0.3 is 19.1 Å². The lowest BCUT2D eigenvalue weighted by Gasteiger charge is -2.41. The van der Waals surface area contributed by atoms with Gasteiger partial charge in [-0.15, -0.1) is 0 Å². The smallest absolute Gasteiger partial charge is 0.410 e. The molecule has 1 aromatic rings. The normalized spacial score (nSPS) is 29.1. The summed E-state index contributed by atoms with van der Waals surface area (Å²) in [6.07, 6.45) is 5.49.